The van der Waals surface area contributed by atoms with Gasteiger partial charge in [-0.3, -0.25) is 0 Å². The lowest BCUT2D eigenvalue weighted by Crippen LogP contribution is -2.39. The molecule has 7 nitrogen and oxygen atoms in total. The molecule has 0 bridgehead atoms. The number of nitrogens with zero attached hydrogens (tertiary/aromatic N) is 4. The van der Waals surface area contributed by atoms with E-state index in [9.17, 15) is 0 Å². The van der Waals surface area contributed by atoms with Crippen molar-refractivity contribution < 1.29 is 9.47 Å². The van der Waals surface area contributed by atoms with Crippen molar-refractivity contribution in [3.05, 3.63) is 5.28 Å². The van der Waals surface area contributed by atoms with Crippen LogP contribution < -0.4 is 10.2 Å². The first-order valence-electron chi connectivity index (χ1n) is 6.51. The first kappa shape index (κ1) is 15.2. The minimum absolute atomic E-state index is 0.178. The average Bonchev–Trinajstić information content (AvgIpc) is 2.38. The van der Waals surface area contributed by atoms with Crippen molar-refractivity contribution in [1.29, 1.82) is 0 Å². The summed E-state index contributed by atoms with van der Waals surface area (Å²) in [4.78, 5) is 14.7. The lowest BCUT2D eigenvalue weighted by Gasteiger charge is -2.28. The Balaban J connectivity index is 2.15. The van der Waals surface area contributed by atoms with E-state index in [1.165, 1.54) is 0 Å². The van der Waals surface area contributed by atoms with E-state index in [-0.39, 0.29) is 10.8 Å². The SMILES string of the molecule is COCC(C)(C)Nc1nc(Cl)nc(N2CCOCC2)n1. The normalized spacial score (nSPS) is 16.3. The van der Waals surface area contributed by atoms with Crippen LogP contribution in [0.5, 0.6) is 0 Å². The molecule has 112 valence electrons. The summed E-state index contributed by atoms with van der Waals surface area (Å²) in [6.07, 6.45) is 0. The lowest BCUT2D eigenvalue weighted by molar-refractivity contribution is 0.122. The standard InChI is InChI=1S/C12H20ClN5O2/c1-12(2,8-19-3)17-10-14-9(13)15-11(16-10)18-4-6-20-7-5-18/h4-8H2,1-3H3,(H,14,15,16,17). The number of morpholine rings is 1. The van der Waals surface area contributed by atoms with Crippen LogP contribution in [0.15, 0.2) is 0 Å². The molecule has 0 aromatic carbocycles. The summed E-state index contributed by atoms with van der Waals surface area (Å²) in [5.74, 6) is 1.03. The van der Waals surface area contributed by atoms with Crippen molar-refractivity contribution in [1.82, 2.24) is 15.0 Å². The third-order valence-corrected chi connectivity index (χ3v) is 3.01. The zero-order chi connectivity index (χ0) is 14.6. The number of hydrogen-bond acceptors (Lipinski definition) is 7. The van der Waals surface area contributed by atoms with Gasteiger partial charge in [-0.2, -0.15) is 15.0 Å². The molecule has 0 amide bonds. The van der Waals surface area contributed by atoms with E-state index in [1.54, 1.807) is 7.11 Å². The minimum Gasteiger partial charge on any atom is -0.382 e. The van der Waals surface area contributed by atoms with Crippen LogP contribution in [0.1, 0.15) is 13.8 Å². The molecule has 1 aromatic heterocycles. The van der Waals surface area contributed by atoms with Crippen molar-refractivity contribution in [3.63, 3.8) is 0 Å². The van der Waals surface area contributed by atoms with Crippen molar-refractivity contribution in [2.45, 2.75) is 19.4 Å². The fourth-order valence-corrected chi connectivity index (χ4v) is 2.16. The number of halogens is 1. The second kappa shape index (κ2) is 6.51. The molecule has 0 saturated carbocycles. The van der Waals surface area contributed by atoms with E-state index >= 15 is 0 Å². The summed E-state index contributed by atoms with van der Waals surface area (Å²) < 4.78 is 10.5. The maximum atomic E-state index is 5.98. The Morgan fingerprint density at radius 3 is 2.65 bits per heavy atom. The van der Waals surface area contributed by atoms with Crippen LogP contribution in [0, 0.1) is 0 Å². The summed E-state index contributed by atoms with van der Waals surface area (Å²) in [6, 6.07) is 0. The molecule has 1 aromatic rings. The van der Waals surface area contributed by atoms with E-state index in [4.69, 9.17) is 21.1 Å². The first-order chi connectivity index (χ1) is 9.50. The van der Waals surface area contributed by atoms with Gasteiger partial charge in [0.1, 0.15) is 0 Å². The zero-order valence-corrected chi connectivity index (χ0v) is 12.8. The molecule has 1 saturated heterocycles. The number of nitrogens with one attached hydrogen (secondary N) is 1. The Morgan fingerprint density at radius 2 is 2.00 bits per heavy atom. The Morgan fingerprint density at radius 1 is 1.30 bits per heavy atom. The molecular weight excluding hydrogens is 282 g/mol. The molecule has 0 spiro atoms. The van der Waals surface area contributed by atoms with Crippen LogP contribution in [0.2, 0.25) is 5.28 Å². The van der Waals surface area contributed by atoms with Gasteiger partial charge in [0.05, 0.1) is 25.4 Å². The number of methoxy groups -OCH3 is 1. The van der Waals surface area contributed by atoms with E-state index in [0.717, 1.165) is 13.1 Å². The second-order valence-electron chi connectivity index (χ2n) is 5.27. The van der Waals surface area contributed by atoms with Crippen molar-refractivity contribution in [3.8, 4) is 0 Å². The van der Waals surface area contributed by atoms with Gasteiger partial charge < -0.3 is 19.7 Å². The Hall–Kier alpha value is -1.18. The van der Waals surface area contributed by atoms with Crippen LogP contribution in [0.3, 0.4) is 0 Å². The third kappa shape index (κ3) is 4.16. The van der Waals surface area contributed by atoms with Gasteiger partial charge in [-0.05, 0) is 25.4 Å². The highest BCUT2D eigenvalue weighted by atomic mass is 35.5. The topological polar surface area (TPSA) is 72.4 Å². The van der Waals surface area contributed by atoms with E-state index in [2.05, 4.69) is 20.3 Å². The molecule has 0 unspecified atom stereocenters. The lowest BCUT2D eigenvalue weighted by atomic mass is 10.1. The zero-order valence-electron chi connectivity index (χ0n) is 12.0. The van der Waals surface area contributed by atoms with Crippen LogP contribution in [0.25, 0.3) is 0 Å². The average molecular weight is 302 g/mol. The van der Waals surface area contributed by atoms with Crippen molar-refractivity contribution in [2.75, 3.05) is 50.2 Å². The van der Waals surface area contributed by atoms with Crippen LogP contribution >= 0.6 is 11.6 Å². The Kier molecular flexibility index (Phi) is 4.95. The monoisotopic (exact) mass is 301 g/mol. The number of rotatable bonds is 5. The molecule has 2 heterocycles. The summed E-state index contributed by atoms with van der Waals surface area (Å²) in [6.45, 7) is 7.37. The fraction of sp³-hybridized carbons (Fsp3) is 0.750. The number of ether oxygens (including phenoxy) is 2. The van der Waals surface area contributed by atoms with Gasteiger partial charge in [-0.1, -0.05) is 0 Å². The van der Waals surface area contributed by atoms with Gasteiger partial charge in [0.2, 0.25) is 17.2 Å². The molecule has 1 aliphatic heterocycles. The molecule has 2 rings (SSSR count). The van der Waals surface area contributed by atoms with Gasteiger partial charge in [-0.15, -0.1) is 0 Å². The van der Waals surface area contributed by atoms with Gasteiger partial charge >= 0.3 is 0 Å². The summed E-state index contributed by atoms with van der Waals surface area (Å²) in [5, 5.41) is 3.39. The molecule has 1 fully saturated rings. The summed E-state index contributed by atoms with van der Waals surface area (Å²) in [7, 11) is 1.66. The number of aromatic nitrogens is 3. The molecule has 0 aliphatic carbocycles. The highest BCUT2D eigenvalue weighted by molar-refractivity contribution is 6.28. The predicted octanol–water partition coefficient (Wildman–Crippen LogP) is 1.20. The summed E-state index contributed by atoms with van der Waals surface area (Å²) >= 11 is 5.98. The smallest absolute Gasteiger partial charge is 0.231 e. The van der Waals surface area contributed by atoms with Gasteiger partial charge in [0.25, 0.3) is 0 Å². The maximum absolute atomic E-state index is 5.98. The Labute approximate surface area is 123 Å². The minimum atomic E-state index is -0.290. The van der Waals surface area contributed by atoms with Gasteiger partial charge in [0, 0.05) is 20.2 Å². The van der Waals surface area contributed by atoms with Gasteiger partial charge in [0.15, 0.2) is 0 Å². The second-order valence-corrected chi connectivity index (χ2v) is 5.61. The molecule has 0 radical (unpaired) electrons. The molecule has 8 heteroatoms. The number of anilines is 2. The molecule has 20 heavy (non-hydrogen) atoms. The van der Waals surface area contributed by atoms with Crippen molar-refractivity contribution >= 4 is 23.5 Å². The van der Waals surface area contributed by atoms with E-state index < -0.39 is 0 Å². The van der Waals surface area contributed by atoms with Crippen LogP contribution in [0.4, 0.5) is 11.9 Å². The highest BCUT2D eigenvalue weighted by Gasteiger charge is 2.21. The number of hydrogen-bond donors (Lipinski definition) is 1. The Bertz CT molecular complexity index is 451. The fourth-order valence-electron chi connectivity index (χ4n) is 2.00. The van der Waals surface area contributed by atoms with Crippen LogP contribution in [-0.4, -0.2) is 60.5 Å². The third-order valence-electron chi connectivity index (χ3n) is 2.85. The van der Waals surface area contributed by atoms with Gasteiger partial charge in [-0.25, -0.2) is 0 Å². The quantitative estimate of drug-likeness (QED) is 0.876. The largest absolute Gasteiger partial charge is 0.382 e. The molecule has 0 atom stereocenters. The molecular formula is C12H20ClN5O2. The molecule has 1 aliphatic rings. The van der Waals surface area contributed by atoms with Crippen LogP contribution in [-0.2, 0) is 9.47 Å². The van der Waals surface area contributed by atoms with E-state index in [1.807, 2.05) is 18.7 Å². The predicted molar refractivity (Wildman–Crippen MR) is 77.4 cm³/mol. The first-order valence-corrected chi connectivity index (χ1v) is 6.89. The van der Waals surface area contributed by atoms with E-state index in [0.29, 0.717) is 31.7 Å². The summed E-state index contributed by atoms with van der Waals surface area (Å²) in [5.41, 5.74) is -0.290. The highest BCUT2D eigenvalue weighted by Crippen LogP contribution is 2.18. The van der Waals surface area contributed by atoms with Crippen molar-refractivity contribution in [2.24, 2.45) is 0 Å². The maximum Gasteiger partial charge on any atom is 0.231 e. The molecule has 1 N–H and O–H groups in total.